The summed E-state index contributed by atoms with van der Waals surface area (Å²) in [5, 5.41) is 0. The number of anilines is 1. The average molecular weight is 245 g/mol. The Morgan fingerprint density at radius 3 is 2.89 bits per heavy atom. The van der Waals surface area contributed by atoms with Crippen molar-refractivity contribution in [2.45, 2.75) is 13.8 Å². The molecule has 94 valence electrons. The molecule has 18 heavy (non-hydrogen) atoms. The van der Waals surface area contributed by atoms with Crippen molar-refractivity contribution < 1.29 is 9.53 Å². The molecule has 2 aromatic rings. The van der Waals surface area contributed by atoms with E-state index in [2.05, 4.69) is 4.98 Å². The van der Waals surface area contributed by atoms with Crippen LogP contribution in [-0.4, -0.2) is 22.1 Å². The van der Waals surface area contributed by atoms with Crippen LogP contribution >= 0.6 is 0 Å². The molecular weight excluding hydrogens is 230 g/mol. The number of benzene rings is 1. The molecule has 0 fully saturated rings. The molecule has 1 aromatic carbocycles. The van der Waals surface area contributed by atoms with Crippen LogP contribution in [0.4, 0.5) is 5.69 Å². The molecule has 0 amide bonds. The van der Waals surface area contributed by atoms with Gasteiger partial charge in [0.15, 0.2) is 0 Å². The molecule has 2 rings (SSSR count). The molecule has 5 heteroatoms. The summed E-state index contributed by atoms with van der Waals surface area (Å²) in [6, 6.07) is 5.25. The lowest BCUT2D eigenvalue weighted by molar-refractivity contribution is 0.0527. The summed E-state index contributed by atoms with van der Waals surface area (Å²) in [5.41, 5.74) is 7.41. The van der Waals surface area contributed by atoms with Gasteiger partial charge in [-0.05, 0) is 32.0 Å². The SMILES string of the molecule is CCOC(=O)c1cc(-n2ccnc2C)ccc1N. The first-order valence-electron chi connectivity index (χ1n) is 5.70. The maximum atomic E-state index is 11.7. The largest absolute Gasteiger partial charge is 0.462 e. The Morgan fingerprint density at radius 1 is 1.50 bits per heavy atom. The highest BCUT2D eigenvalue weighted by atomic mass is 16.5. The highest BCUT2D eigenvalue weighted by Gasteiger charge is 2.12. The van der Waals surface area contributed by atoms with Gasteiger partial charge in [-0.1, -0.05) is 0 Å². The van der Waals surface area contributed by atoms with Gasteiger partial charge < -0.3 is 15.0 Å². The number of rotatable bonds is 3. The Balaban J connectivity index is 2.44. The second-order valence-corrected chi connectivity index (χ2v) is 3.84. The van der Waals surface area contributed by atoms with Crippen molar-refractivity contribution in [3.8, 4) is 5.69 Å². The third-order valence-electron chi connectivity index (χ3n) is 2.64. The monoisotopic (exact) mass is 245 g/mol. The van der Waals surface area contributed by atoms with E-state index in [9.17, 15) is 4.79 Å². The Kier molecular flexibility index (Phi) is 3.32. The van der Waals surface area contributed by atoms with Crippen molar-refractivity contribution in [2.75, 3.05) is 12.3 Å². The number of hydrogen-bond donors (Lipinski definition) is 1. The maximum absolute atomic E-state index is 11.7. The molecule has 5 nitrogen and oxygen atoms in total. The number of ether oxygens (including phenoxy) is 1. The lowest BCUT2D eigenvalue weighted by Gasteiger charge is -2.09. The van der Waals surface area contributed by atoms with Crippen LogP contribution in [-0.2, 0) is 4.74 Å². The zero-order valence-electron chi connectivity index (χ0n) is 10.4. The minimum atomic E-state index is -0.408. The smallest absolute Gasteiger partial charge is 0.340 e. The number of hydrogen-bond acceptors (Lipinski definition) is 4. The first-order valence-corrected chi connectivity index (χ1v) is 5.70. The van der Waals surface area contributed by atoms with Gasteiger partial charge >= 0.3 is 5.97 Å². The van der Waals surface area contributed by atoms with Gasteiger partial charge in [0, 0.05) is 23.8 Å². The Labute approximate surface area is 105 Å². The van der Waals surface area contributed by atoms with Crippen LogP contribution in [0.15, 0.2) is 30.6 Å². The molecule has 0 saturated carbocycles. The first kappa shape index (κ1) is 12.2. The second-order valence-electron chi connectivity index (χ2n) is 3.84. The van der Waals surface area contributed by atoms with Crippen molar-refractivity contribution in [1.29, 1.82) is 0 Å². The third kappa shape index (κ3) is 2.20. The minimum Gasteiger partial charge on any atom is -0.462 e. The van der Waals surface area contributed by atoms with Crippen molar-refractivity contribution in [2.24, 2.45) is 0 Å². The van der Waals surface area contributed by atoms with Gasteiger partial charge in [0.2, 0.25) is 0 Å². The summed E-state index contributed by atoms with van der Waals surface area (Å²) in [5.74, 6) is 0.434. The van der Waals surface area contributed by atoms with Crippen LogP contribution in [0, 0.1) is 6.92 Å². The van der Waals surface area contributed by atoms with E-state index in [-0.39, 0.29) is 0 Å². The van der Waals surface area contributed by atoms with E-state index in [1.54, 1.807) is 25.3 Å². The van der Waals surface area contributed by atoms with Gasteiger partial charge in [-0.3, -0.25) is 0 Å². The highest BCUT2D eigenvalue weighted by molar-refractivity contribution is 5.95. The summed E-state index contributed by atoms with van der Waals surface area (Å²) in [7, 11) is 0. The molecular formula is C13H15N3O2. The maximum Gasteiger partial charge on any atom is 0.340 e. The predicted molar refractivity (Wildman–Crippen MR) is 68.7 cm³/mol. The minimum absolute atomic E-state index is 0.326. The molecule has 2 N–H and O–H groups in total. The van der Waals surface area contributed by atoms with Crippen molar-refractivity contribution in [1.82, 2.24) is 9.55 Å². The topological polar surface area (TPSA) is 70.1 Å². The van der Waals surface area contributed by atoms with Crippen LogP contribution in [0.2, 0.25) is 0 Å². The van der Waals surface area contributed by atoms with Crippen LogP contribution in [0.5, 0.6) is 0 Å². The van der Waals surface area contributed by atoms with E-state index >= 15 is 0 Å². The number of carbonyl (C=O) groups excluding carboxylic acids is 1. The van der Waals surface area contributed by atoms with Crippen molar-refractivity contribution in [3.63, 3.8) is 0 Å². The standard InChI is InChI=1S/C13H15N3O2/c1-3-18-13(17)11-8-10(4-5-12(11)14)16-7-6-15-9(16)2/h4-8H,3,14H2,1-2H3. The number of nitrogens with two attached hydrogens (primary N) is 1. The van der Waals surface area contributed by atoms with E-state index in [1.165, 1.54) is 0 Å². The summed E-state index contributed by atoms with van der Waals surface area (Å²) in [6.07, 6.45) is 3.53. The summed E-state index contributed by atoms with van der Waals surface area (Å²) in [6.45, 7) is 3.98. The lowest BCUT2D eigenvalue weighted by atomic mass is 10.1. The summed E-state index contributed by atoms with van der Waals surface area (Å²) >= 11 is 0. The zero-order valence-corrected chi connectivity index (χ0v) is 10.4. The van der Waals surface area contributed by atoms with Crippen LogP contribution < -0.4 is 5.73 Å². The lowest BCUT2D eigenvalue weighted by Crippen LogP contribution is -2.09. The number of carbonyl (C=O) groups is 1. The fourth-order valence-corrected chi connectivity index (χ4v) is 1.73. The quantitative estimate of drug-likeness (QED) is 0.662. The second kappa shape index (κ2) is 4.91. The Hall–Kier alpha value is -2.30. The molecule has 0 atom stereocenters. The van der Waals surface area contributed by atoms with E-state index in [0.717, 1.165) is 11.5 Å². The zero-order chi connectivity index (χ0) is 13.1. The molecule has 0 radical (unpaired) electrons. The molecule has 0 saturated heterocycles. The molecule has 0 spiro atoms. The van der Waals surface area contributed by atoms with E-state index < -0.39 is 5.97 Å². The summed E-state index contributed by atoms with van der Waals surface area (Å²) < 4.78 is 6.84. The van der Waals surface area contributed by atoms with E-state index in [0.29, 0.717) is 17.9 Å². The number of aryl methyl sites for hydroxylation is 1. The van der Waals surface area contributed by atoms with Crippen molar-refractivity contribution in [3.05, 3.63) is 42.0 Å². The van der Waals surface area contributed by atoms with Crippen molar-refractivity contribution >= 4 is 11.7 Å². The molecule has 0 aliphatic rings. The number of imidazole rings is 1. The normalized spacial score (nSPS) is 10.3. The van der Waals surface area contributed by atoms with Gasteiger partial charge in [-0.2, -0.15) is 0 Å². The number of aromatic nitrogens is 2. The van der Waals surface area contributed by atoms with E-state index in [4.69, 9.17) is 10.5 Å². The molecule has 0 aliphatic carbocycles. The van der Waals surface area contributed by atoms with Gasteiger partial charge in [0.25, 0.3) is 0 Å². The molecule has 1 heterocycles. The molecule has 1 aromatic heterocycles. The predicted octanol–water partition coefficient (Wildman–Crippen LogP) is 1.94. The fourth-order valence-electron chi connectivity index (χ4n) is 1.73. The fraction of sp³-hybridized carbons (Fsp3) is 0.231. The van der Waals surface area contributed by atoms with Crippen LogP contribution in [0.1, 0.15) is 23.1 Å². The molecule has 0 aliphatic heterocycles. The summed E-state index contributed by atoms with van der Waals surface area (Å²) in [4.78, 5) is 15.9. The Morgan fingerprint density at radius 2 is 2.28 bits per heavy atom. The number of nitrogens with zero attached hydrogens (tertiary/aromatic N) is 2. The highest BCUT2D eigenvalue weighted by Crippen LogP contribution is 2.19. The third-order valence-corrected chi connectivity index (χ3v) is 2.64. The molecule has 0 bridgehead atoms. The average Bonchev–Trinajstić information content (AvgIpc) is 2.76. The Bertz CT molecular complexity index is 575. The number of nitrogen functional groups attached to an aromatic ring is 1. The first-order chi connectivity index (χ1) is 8.63. The van der Waals surface area contributed by atoms with Crippen LogP contribution in [0.3, 0.4) is 0 Å². The van der Waals surface area contributed by atoms with E-state index in [1.807, 2.05) is 23.8 Å². The van der Waals surface area contributed by atoms with Gasteiger partial charge in [-0.25, -0.2) is 9.78 Å². The van der Waals surface area contributed by atoms with Gasteiger partial charge in [0.05, 0.1) is 12.2 Å². The van der Waals surface area contributed by atoms with Gasteiger partial charge in [-0.15, -0.1) is 0 Å². The number of esters is 1. The van der Waals surface area contributed by atoms with Crippen LogP contribution in [0.25, 0.3) is 5.69 Å². The molecule has 0 unspecified atom stereocenters. The van der Waals surface area contributed by atoms with Gasteiger partial charge in [0.1, 0.15) is 5.82 Å².